The molecular weight excluding hydrogens is 376 g/mol. The molecule has 0 aliphatic carbocycles. The number of nitrogens with one attached hydrogen (secondary N) is 1. The zero-order chi connectivity index (χ0) is 20.8. The second kappa shape index (κ2) is 9.79. The second-order valence-electron chi connectivity index (χ2n) is 8.23. The molecule has 1 fully saturated rings. The fourth-order valence-electron chi connectivity index (χ4n) is 4.45. The molecule has 2 aliphatic heterocycles. The number of ether oxygens (including phenoxy) is 1. The van der Waals surface area contributed by atoms with Crippen LogP contribution in [0.25, 0.3) is 0 Å². The number of nitrogens with zero attached hydrogens (tertiary/aromatic N) is 1. The lowest BCUT2D eigenvalue weighted by molar-refractivity contribution is -0.132. The zero-order valence-corrected chi connectivity index (χ0v) is 17.4. The first-order valence-electron chi connectivity index (χ1n) is 11.1. The van der Waals surface area contributed by atoms with Crippen molar-refractivity contribution in [1.29, 1.82) is 0 Å². The van der Waals surface area contributed by atoms with Gasteiger partial charge in [-0.3, -0.25) is 9.59 Å². The fraction of sp³-hybridized carbons (Fsp3) is 0.440. The van der Waals surface area contributed by atoms with Gasteiger partial charge < -0.3 is 15.0 Å². The monoisotopic (exact) mass is 406 g/mol. The third-order valence-electron chi connectivity index (χ3n) is 6.08. The summed E-state index contributed by atoms with van der Waals surface area (Å²) in [4.78, 5) is 26.3. The lowest BCUT2D eigenvalue weighted by atomic mass is 10.0. The molecule has 2 amide bonds. The van der Waals surface area contributed by atoms with Gasteiger partial charge in [-0.25, -0.2) is 0 Å². The van der Waals surface area contributed by atoms with Crippen LogP contribution in [0.4, 0.5) is 5.69 Å². The van der Waals surface area contributed by atoms with Crippen molar-refractivity contribution in [1.82, 2.24) is 4.90 Å². The molecule has 2 heterocycles. The Hall–Kier alpha value is -2.82. The van der Waals surface area contributed by atoms with E-state index in [4.69, 9.17) is 4.74 Å². The summed E-state index contributed by atoms with van der Waals surface area (Å²) in [5.74, 6) is 1.13. The predicted octanol–water partition coefficient (Wildman–Crippen LogP) is 4.35. The minimum Gasteiger partial charge on any atom is -0.494 e. The maximum Gasteiger partial charge on any atom is 0.224 e. The fourth-order valence-corrected chi connectivity index (χ4v) is 4.45. The normalized spacial score (nSPS) is 18.1. The van der Waals surface area contributed by atoms with Crippen LogP contribution >= 0.6 is 0 Å². The molecule has 5 nitrogen and oxygen atoms in total. The van der Waals surface area contributed by atoms with Crippen molar-refractivity contribution < 1.29 is 14.3 Å². The van der Waals surface area contributed by atoms with Crippen LogP contribution in [0, 0.1) is 0 Å². The molecule has 0 spiro atoms. The van der Waals surface area contributed by atoms with Crippen LogP contribution in [0.15, 0.2) is 48.5 Å². The summed E-state index contributed by atoms with van der Waals surface area (Å²) in [7, 11) is 0. The molecule has 1 unspecified atom stereocenters. The first-order chi connectivity index (χ1) is 14.7. The van der Waals surface area contributed by atoms with Gasteiger partial charge in [-0.15, -0.1) is 0 Å². The number of hydrogen-bond acceptors (Lipinski definition) is 3. The van der Waals surface area contributed by atoms with Gasteiger partial charge in [-0.1, -0.05) is 30.3 Å². The summed E-state index contributed by atoms with van der Waals surface area (Å²) in [6.45, 7) is 1.41. The molecule has 2 aromatic rings. The minimum absolute atomic E-state index is 0.0682. The van der Waals surface area contributed by atoms with Gasteiger partial charge in [0.1, 0.15) is 5.75 Å². The topological polar surface area (TPSA) is 58.6 Å². The molecule has 1 saturated heterocycles. The molecule has 0 saturated carbocycles. The number of rotatable bonds is 8. The van der Waals surface area contributed by atoms with Gasteiger partial charge in [0.15, 0.2) is 0 Å². The Kier molecular flexibility index (Phi) is 6.67. The summed E-state index contributed by atoms with van der Waals surface area (Å²) in [6, 6.07) is 16.7. The number of carbonyl (C=O) groups is 2. The first kappa shape index (κ1) is 20.5. The van der Waals surface area contributed by atoms with E-state index >= 15 is 0 Å². The molecule has 1 N–H and O–H groups in total. The van der Waals surface area contributed by atoms with Crippen LogP contribution in [0.2, 0.25) is 0 Å². The molecule has 158 valence electrons. The molecule has 30 heavy (non-hydrogen) atoms. The number of carbonyl (C=O) groups excluding carboxylic acids is 2. The highest BCUT2D eigenvalue weighted by molar-refractivity contribution is 5.94. The molecule has 2 aliphatic rings. The highest BCUT2D eigenvalue weighted by Crippen LogP contribution is 2.27. The second-order valence-corrected chi connectivity index (χ2v) is 8.23. The highest BCUT2D eigenvalue weighted by Gasteiger charge is 2.27. The van der Waals surface area contributed by atoms with Gasteiger partial charge in [0.25, 0.3) is 0 Å². The lowest BCUT2D eigenvalue weighted by Crippen LogP contribution is -2.35. The largest absolute Gasteiger partial charge is 0.494 e. The maximum absolute atomic E-state index is 12.7. The molecule has 0 bridgehead atoms. The van der Waals surface area contributed by atoms with Crippen molar-refractivity contribution in [2.45, 2.75) is 57.4 Å². The average Bonchev–Trinajstić information content (AvgIpc) is 3.25. The Morgan fingerprint density at radius 1 is 1.13 bits per heavy atom. The maximum atomic E-state index is 12.7. The Labute approximate surface area is 178 Å². The van der Waals surface area contributed by atoms with Crippen molar-refractivity contribution >= 4 is 17.5 Å². The first-order valence-corrected chi connectivity index (χ1v) is 11.1. The van der Waals surface area contributed by atoms with Crippen LogP contribution < -0.4 is 10.1 Å². The van der Waals surface area contributed by atoms with Crippen molar-refractivity contribution in [2.75, 3.05) is 18.5 Å². The van der Waals surface area contributed by atoms with Crippen molar-refractivity contribution in [3.8, 4) is 5.75 Å². The van der Waals surface area contributed by atoms with Crippen LogP contribution in [0.5, 0.6) is 5.75 Å². The van der Waals surface area contributed by atoms with E-state index in [-0.39, 0.29) is 11.8 Å². The number of amides is 2. The van der Waals surface area contributed by atoms with Crippen molar-refractivity contribution in [3.05, 3.63) is 59.7 Å². The van der Waals surface area contributed by atoms with Crippen LogP contribution in [-0.4, -0.2) is 35.9 Å². The summed E-state index contributed by atoms with van der Waals surface area (Å²) >= 11 is 0. The predicted molar refractivity (Wildman–Crippen MR) is 118 cm³/mol. The molecule has 1 atom stereocenters. The number of benzene rings is 2. The van der Waals surface area contributed by atoms with Gasteiger partial charge in [0.05, 0.1) is 6.61 Å². The van der Waals surface area contributed by atoms with E-state index in [0.29, 0.717) is 31.9 Å². The quantitative estimate of drug-likeness (QED) is 0.663. The summed E-state index contributed by atoms with van der Waals surface area (Å²) < 4.78 is 5.86. The number of fused-ring (bicyclic) bond motifs is 1. The zero-order valence-electron chi connectivity index (χ0n) is 17.4. The van der Waals surface area contributed by atoms with E-state index < -0.39 is 0 Å². The number of likely N-dealkylation sites (tertiary alicyclic amines) is 1. The molecule has 2 aromatic carbocycles. The molecular formula is C25H30N2O3. The third-order valence-corrected chi connectivity index (χ3v) is 6.08. The number of anilines is 1. The Balaban J connectivity index is 1.20. The summed E-state index contributed by atoms with van der Waals surface area (Å²) in [5.41, 5.74) is 3.33. The van der Waals surface area contributed by atoms with E-state index in [2.05, 4.69) is 34.5 Å². The Bertz CT molecular complexity index is 881. The van der Waals surface area contributed by atoms with Gasteiger partial charge in [0, 0.05) is 31.1 Å². The van der Waals surface area contributed by atoms with Gasteiger partial charge in [0.2, 0.25) is 11.8 Å². The van der Waals surface area contributed by atoms with Crippen LogP contribution in [0.3, 0.4) is 0 Å². The van der Waals surface area contributed by atoms with E-state index in [0.717, 1.165) is 55.6 Å². The Morgan fingerprint density at radius 3 is 2.87 bits per heavy atom. The van der Waals surface area contributed by atoms with Crippen molar-refractivity contribution in [2.24, 2.45) is 0 Å². The molecule has 5 heteroatoms. The smallest absolute Gasteiger partial charge is 0.224 e. The van der Waals surface area contributed by atoms with Crippen LogP contribution in [0.1, 0.15) is 49.7 Å². The summed E-state index contributed by atoms with van der Waals surface area (Å²) in [6.07, 6.45) is 6.79. The van der Waals surface area contributed by atoms with Gasteiger partial charge in [-0.05, 0) is 67.9 Å². The van der Waals surface area contributed by atoms with E-state index in [1.165, 1.54) is 5.56 Å². The van der Waals surface area contributed by atoms with E-state index in [9.17, 15) is 9.59 Å². The molecule has 0 radical (unpaired) electrons. The summed E-state index contributed by atoms with van der Waals surface area (Å²) in [5, 5.41) is 2.88. The van der Waals surface area contributed by atoms with Gasteiger partial charge in [-0.2, -0.15) is 0 Å². The van der Waals surface area contributed by atoms with E-state index in [1.807, 2.05) is 24.3 Å². The Morgan fingerprint density at radius 2 is 2.00 bits per heavy atom. The third kappa shape index (κ3) is 5.21. The standard InChI is InChI=1S/C25H30N2O3/c28-24-15-11-20-18-22(13-14-23(20)26-24)30-17-5-9-25(29)27-16-4-8-21(27)12-10-19-6-2-1-3-7-19/h1-3,6-7,13-14,18,21H,4-5,8-12,15-17H2,(H,26,28). The number of aryl methyl sites for hydroxylation is 2. The van der Waals surface area contributed by atoms with Crippen molar-refractivity contribution in [3.63, 3.8) is 0 Å². The highest BCUT2D eigenvalue weighted by atomic mass is 16.5. The van der Waals surface area contributed by atoms with E-state index in [1.54, 1.807) is 0 Å². The molecule has 4 rings (SSSR count). The minimum atomic E-state index is 0.0682. The average molecular weight is 407 g/mol. The number of hydrogen-bond donors (Lipinski definition) is 1. The lowest BCUT2D eigenvalue weighted by Gasteiger charge is -2.25. The van der Waals surface area contributed by atoms with Crippen LogP contribution in [-0.2, 0) is 22.4 Å². The molecule has 0 aromatic heterocycles. The SMILES string of the molecule is O=C1CCc2cc(OCCCC(=O)N3CCCC3CCc3ccccc3)ccc2N1. The van der Waals surface area contributed by atoms with Gasteiger partial charge >= 0.3 is 0 Å².